The lowest BCUT2D eigenvalue weighted by atomic mass is 9.93. The molecule has 1 aliphatic carbocycles. The van der Waals surface area contributed by atoms with Crippen LogP contribution in [0.25, 0.3) is 0 Å². The van der Waals surface area contributed by atoms with E-state index in [1.165, 1.54) is 20.3 Å². The summed E-state index contributed by atoms with van der Waals surface area (Å²) in [6.45, 7) is 0. The van der Waals surface area contributed by atoms with Crippen LogP contribution in [0.3, 0.4) is 0 Å². The third kappa shape index (κ3) is 3.78. The van der Waals surface area contributed by atoms with Crippen molar-refractivity contribution in [2.75, 3.05) is 14.2 Å². The summed E-state index contributed by atoms with van der Waals surface area (Å²) in [4.78, 5) is 11.7. The first kappa shape index (κ1) is 17.2. The van der Waals surface area contributed by atoms with Gasteiger partial charge in [-0.1, -0.05) is 0 Å². The third-order valence-corrected chi connectivity index (χ3v) is 6.74. The molecule has 124 valence electrons. The van der Waals surface area contributed by atoms with Crippen molar-refractivity contribution in [2.45, 2.75) is 42.0 Å². The average molecular weight is 348 g/mol. The Morgan fingerprint density at radius 3 is 2.50 bits per heavy atom. The van der Waals surface area contributed by atoms with Gasteiger partial charge in [-0.05, 0) is 25.7 Å². The number of rotatable bonds is 5. The van der Waals surface area contributed by atoms with Crippen LogP contribution in [0, 0.1) is 0 Å². The summed E-state index contributed by atoms with van der Waals surface area (Å²) >= 11 is 0.838. The number of esters is 1. The van der Waals surface area contributed by atoms with E-state index in [1.807, 2.05) is 0 Å². The molecule has 0 atom stereocenters. The van der Waals surface area contributed by atoms with Crippen LogP contribution >= 0.6 is 11.3 Å². The molecule has 7 nitrogen and oxygen atoms in total. The minimum absolute atomic E-state index is 0.00901. The molecule has 9 heteroatoms. The van der Waals surface area contributed by atoms with Crippen LogP contribution in [-0.2, 0) is 14.8 Å². The van der Waals surface area contributed by atoms with Crippen LogP contribution in [0.4, 0.5) is 0 Å². The largest absolute Gasteiger partial charge is 0.494 e. The zero-order valence-corrected chi connectivity index (χ0v) is 14.1. The van der Waals surface area contributed by atoms with Crippen molar-refractivity contribution in [3.63, 3.8) is 0 Å². The van der Waals surface area contributed by atoms with Crippen LogP contribution in [0.2, 0.25) is 0 Å². The molecule has 1 aromatic heterocycles. The van der Waals surface area contributed by atoms with Crippen molar-refractivity contribution < 1.29 is 22.7 Å². The Hall–Kier alpha value is -1.16. The molecule has 0 bridgehead atoms. The number of nitrogens with one attached hydrogen (secondary N) is 1. The Morgan fingerprint density at radius 1 is 1.32 bits per heavy atom. The van der Waals surface area contributed by atoms with Crippen LogP contribution in [0.5, 0.6) is 5.75 Å². The molecule has 0 amide bonds. The molecule has 0 unspecified atom stereocenters. The molecule has 0 aliphatic heterocycles. The number of nitrogens with two attached hydrogens (primary N) is 1. The lowest BCUT2D eigenvalue weighted by Crippen LogP contribution is -2.40. The third-order valence-electron chi connectivity index (χ3n) is 3.61. The minimum Gasteiger partial charge on any atom is -0.494 e. The zero-order valence-electron chi connectivity index (χ0n) is 12.5. The topological polar surface area (TPSA) is 108 Å². The van der Waals surface area contributed by atoms with Crippen molar-refractivity contribution >= 4 is 27.3 Å². The van der Waals surface area contributed by atoms with Gasteiger partial charge in [0.1, 0.15) is 4.88 Å². The highest BCUT2D eigenvalue weighted by atomic mass is 32.2. The number of hydrogen-bond donors (Lipinski definition) is 2. The van der Waals surface area contributed by atoms with Crippen molar-refractivity contribution in [1.29, 1.82) is 0 Å². The first-order valence-corrected chi connectivity index (χ1v) is 9.21. The molecule has 3 N–H and O–H groups in total. The quantitative estimate of drug-likeness (QED) is 0.771. The van der Waals surface area contributed by atoms with Crippen molar-refractivity contribution in [3.8, 4) is 5.75 Å². The predicted molar refractivity (Wildman–Crippen MR) is 82.8 cm³/mol. The van der Waals surface area contributed by atoms with Gasteiger partial charge in [-0.2, -0.15) is 0 Å². The monoisotopic (exact) mass is 348 g/mol. The summed E-state index contributed by atoms with van der Waals surface area (Å²) in [5, 5.41) is 0. The molecule has 22 heavy (non-hydrogen) atoms. The molecule has 0 spiro atoms. The maximum atomic E-state index is 12.5. The molecule has 0 saturated heterocycles. The van der Waals surface area contributed by atoms with E-state index in [1.54, 1.807) is 0 Å². The number of ether oxygens (including phenoxy) is 2. The van der Waals surface area contributed by atoms with Crippen molar-refractivity contribution in [1.82, 2.24) is 4.72 Å². The van der Waals surface area contributed by atoms with E-state index in [9.17, 15) is 13.2 Å². The Bertz CT molecular complexity index is 633. The molecule has 1 aliphatic rings. The van der Waals surface area contributed by atoms with Gasteiger partial charge in [0.2, 0.25) is 0 Å². The Labute approximate surface area is 133 Å². The van der Waals surface area contributed by atoms with Gasteiger partial charge in [-0.25, -0.2) is 17.9 Å². The fourth-order valence-corrected chi connectivity index (χ4v) is 5.21. The highest BCUT2D eigenvalue weighted by molar-refractivity contribution is 7.91. The zero-order chi connectivity index (χ0) is 16.3. The van der Waals surface area contributed by atoms with E-state index < -0.39 is 16.0 Å². The standard InChI is InChI=1S/C13H20N2O5S2/c1-19-10-7-11(12(16)20-2)21-13(10)22(17,18)15-9-5-3-8(14)4-6-9/h7-9,15H,3-6,14H2,1-2H3. The van der Waals surface area contributed by atoms with E-state index in [-0.39, 0.29) is 26.9 Å². The lowest BCUT2D eigenvalue weighted by Gasteiger charge is -2.26. The summed E-state index contributed by atoms with van der Waals surface area (Å²) in [6.07, 6.45) is 3.00. The predicted octanol–water partition coefficient (Wildman–Crippen LogP) is 1.09. The summed E-state index contributed by atoms with van der Waals surface area (Å²) in [6, 6.07) is 1.38. The molecule has 1 fully saturated rings. The number of carbonyl (C=O) groups is 1. The summed E-state index contributed by atoms with van der Waals surface area (Å²) in [5.74, 6) is -0.446. The number of hydrogen-bond acceptors (Lipinski definition) is 7. The Morgan fingerprint density at radius 2 is 1.95 bits per heavy atom. The van der Waals surface area contributed by atoms with Gasteiger partial charge in [0, 0.05) is 18.2 Å². The fourth-order valence-electron chi connectivity index (χ4n) is 2.40. The van der Waals surface area contributed by atoms with Crippen LogP contribution in [0.1, 0.15) is 35.4 Å². The molecular weight excluding hydrogens is 328 g/mol. The van der Waals surface area contributed by atoms with Gasteiger partial charge >= 0.3 is 5.97 Å². The van der Waals surface area contributed by atoms with Crippen molar-refractivity contribution in [2.24, 2.45) is 5.73 Å². The maximum absolute atomic E-state index is 12.5. The van der Waals surface area contributed by atoms with Crippen LogP contribution in [0.15, 0.2) is 10.3 Å². The summed E-state index contributed by atoms with van der Waals surface area (Å²) in [7, 11) is -1.14. The number of thiophene rings is 1. The van der Waals surface area contributed by atoms with E-state index in [0.29, 0.717) is 12.8 Å². The number of carbonyl (C=O) groups excluding carboxylic acids is 1. The van der Waals surface area contributed by atoms with E-state index in [0.717, 1.165) is 24.2 Å². The van der Waals surface area contributed by atoms with Crippen molar-refractivity contribution in [3.05, 3.63) is 10.9 Å². The van der Waals surface area contributed by atoms with E-state index in [2.05, 4.69) is 9.46 Å². The number of sulfonamides is 1. The van der Waals surface area contributed by atoms with Crippen LogP contribution < -0.4 is 15.2 Å². The van der Waals surface area contributed by atoms with Gasteiger partial charge in [0.05, 0.1) is 14.2 Å². The van der Waals surface area contributed by atoms with E-state index in [4.69, 9.17) is 10.5 Å². The molecular formula is C13H20N2O5S2. The smallest absolute Gasteiger partial charge is 0.348 e. The first-order valence-electron chi connectivity index (χ1n) is 6.91. The Balaban J connectivity index is 2.21. The second-order valence-corrected chi connectivity index (χ2v) is 8.15. The minimum atomic E-state index is -3.75. The molecule has 1 saturated carbocycles. The SMILES string of the molecule is COC(=O)c1cc(OC)c(S(=O)(=O)NC2CCC(N)CC2)s1. The normalized spacial score (nSPS) is 22.3. The molecule has 1 heterocycles. The fraction of sp³-hybridized carbons (Fsp3) is 0.615. The second-order valence-electron chi connectivity index (χ2n) is 5.19. The van der Waals surface area contributed by atoms with E-state index >= 15 is 0 Å². The summed E-state index contributed by atoms with van der Waals surface area (Å²) in [5.41, 5.74) is 5.82. The number of methoxy groups -OCH3 is 2. The maximum Gasteiger partial charge on any atom is 0.348 e. The second kappa shape index (κ2) is 6.95. The molecule has 1 aromatic rings. The Kier molecular flexibility index (Phi) is 5.43. The lowest BCUT2D eigenvalue weighted by molar-refractivity contribution is 0.0606. The highest BCUT2D eigenvalue weighted by Gasteiger charge is 2.29. The van der Waals surface area contributed by atoms with Crippen LogP contribution in [-0.4, -0.2) is 40.7 Å². The summed E-state index contributed by atoms with van der Waals surface area (Å²) < 4.78 is 37.4. The molecule has 2 rings (SSSR count). The average Bonchev–Trinajstić information content (AvgIpc) is 2.94. The van der Waals surface area contributed by atoms with Gasteiger partial charge in [-0.15, -0.1) is 11.3 Å². The van der Waals surface area contributed by atoms with Gasteiger partial charge < -0.3 is 15.2 Å². The van der Waals surface area contributed by atoms with Gasteiger partial charge in [0.25, 0.3) is 10.0 Å². The van der Waals surface area contributed by atoms with Gasteiger partial charge in [0.15, 0.2) is 9.96 Å². The highest BCUT2D eigenvalue weighted by Crippen LogP contribution is 2.34. The van der Waals surface area contributed by atoms with Gasteiger partial charge in [-0.3, -0.25) is 0 Å². The molecule has 0 aromatic carbocycles. The molecule has 0 radical (unpaired) electrons. The first-order chi connectivity index (χ1) is 10.4.